The summed E-state index contributed by atoms with van der Waals surface area (Å²) < 4.78 is 1.63. The van der Waals surface area contributed by atoms with Gasteiger partial charge in [-0.1, -0.05) is 45.4 Å². The second-order valence-electron chi connectivity index (χ2n) is 4.62. The van der Waals surface area contributed by atoms with E-state index in [0.29, 0.717) is 0 Å². The monoisotopic (exact) mass is 253 g/mol. The number of aromatic nitrogens is 2. The Morgan fingerprint density at radius 1 is 1.28 bits per heavy atom. The molecular formula is C13H23N3O2. The van der Waals surface area contributed by atoms with Crippen LogP contribution in [0.5, 0.6) is 0 Å². The van der Waals surface area contributed by atoms with E-state index < -0.39 is 5.97 Å². The summed E-state index contributed by atoms with van der Waals surface area (Å²) in [6, 6.07) is 0. The van der Waals surface area contributed by atoms with Gasteiger partial charge in [0, 0.05) is 12.7 Å². The third-order valence-corrected chi connectivity index (χ3v) is 2.98. The van der Waals surface area contributed by atoms with Gasteiger partial charge in [0.05, 0.1) is 5.69 Å². The van der Waals surface area contributed by atoms with Crippen LogP contribution >= 0.6 is 0 Å². The molecule has 1 rings (SSSR count). The first-order chi connectivity index (χ1) is 8.65. The van der Waals surface area contributed by atoms with Crippen LogP contribution in [0.2, 0.25) is 0 Å². The molecule has 0 fully saturated rings. The van der Waals surface area contributed by atoms with Gasteiger partial charge in [0.2, 0.25) is 0 Å². The zero-order chi connectivity index (χ0) is 13.4. The lowest BCUT2D eigenvalue weighted by molar-refractivity contribution is 0.0690. The minimum absolute atomic E-state index is 0.0436. The summed E-state index contributed by atoms with van der Waals surface area (Å²) in [4.78, 5) is 10.8. The first-order valence-electron chi connectivity index (χ1n) is 6.71. The first-order valence-corrected chi connectivity index (χ1v) is 6.71. The fraction of sp³-hybridized carbons (Fsp3) is 0.692. The highest BCUT2D eigenvalue weighted by Crippen LogP contribution is 2.11. The van der Waals surface area contributed by atoms with Crippen LogP contribution in [0.1, 0.15) is 62.4 Å². The molecule has 0 aliphatic heterocycles. The van der Waals surface area contributed by atoms with Gasteiger partial charge in [-0.25, -0.2) is 4.79 Å². The van der Waals surface area contributed by atoms with Gasteiger partial charge in [0.25, 0.3) is 0 Å². The van der Waals surface area contributed by atoms with Crippen LogP contribution < -0.4 is 5.73 Å². The molecule has 0 amide bonds. The Kier molecular flexibility index (Phi) is 6.25. The van der Waals surface area contributed by atoms with E-state index >= 15 is 0 Å². The van der Waals surface area contributed by atoms with Crippen LogP contribution in [0.25, 0.3) is 0 Å². The van der Waals surface area contributed by atoms with Crippen molar-refractivity contribution in [3.05, 3.63) is 11.9 Å². The third kappa shape index (κ3) is 4.77. The van der Waals surface area contributed by atoms with E-state index in [-0.39, 0.29) is 11.4 Å². The molecule has 0 radical (unpaired) electrons. The molecule has 1 aromatic heterocycles. The zero-order valence-corrected chi connectivity index (χ0v) is 11.1. The fourth-order valence-electron chi connectivity index (χ4n) is 1.95. The fourth-order valence-corrected chi connectivity index (χ4v) is 1.95. The highest BCUT2D eigenvalue weighted by Gasteiger charge is 2.12. The van der Waals surface area contributed by atoms with Crippen LogP contribution in [0.4, 0.5) is 5.69 Å². The van der Waals surface area contributed by atoms with Crippen molar-refractivity contribution < 1.29 is 9.90 Å². The quantitative estimate of drug-likeness (QED) is 0.663. The predicted octanol–water partition coefficient (Wildman–Crippen LogP) is 2.91. The maximum Gasteiger partial charge on any atom is 0.358 e. The maximum atomic E-state index is 10.8. The van der Waals surface area contributed by atoms with Crippen molar-refractivity contribution in [1.82, 2.24) is 9.78 Å². The second-order valence-corrected chi connectivity index (χ2v) is 4.62. The molecule has 0 aliphatic rings. The van der Waals surface area contributed by atoms with E-state index in [4.69, 9.17) is 10.8 Å². The molecule has 1 heterocycles. The second kappa shape index (κ2) is 7.74. The number of hydrogen-bond donors (Lipinski definition) is 2. The summed E-state index contributed by atoms with van der Waals surface area (Å²) in [6.45, 7) is 2.95. The predicted molar refractivity (Wildman–Crippen MR) is 71.6 cm³/mol. The number of carboxylic acids is 1. The summed E-state index contributed by atoms with van der Waals surface area (Å²) >= 11 is 0. The van der Waals surface area contributed by atoms with Gasteiger partial charge in [-0.3, -0.25) is 4.68 Å². The number of unbranched alkanes of at least 4 members (excludes halogenated alkanes) is 6. The van der Waals surface area contributed by atoms with E-state index in [9.17, 15) is 4.79 Å². The Hall–Kier alpha value is -1.52. The van der Waals surface area contributed by atoms with Crippen molar-refractivity contribution in [2.24, 2.45) is 0 Å². The van der Waals surface area contributed by atoms with Gasteiger partial charge in [-0.05, 0) is 6.42 Å². The molecule has 0 aliphatic carbocycles. The molecule has 0 spiro atoms. The molecule has 1 aromatic rings. The van der Waals surface area contributed by atoms with Gasteiger partial charge in [0.15, 0.2) is 5.69 Å². The number of anilines is 1. The average Bonchev–Trinajstić information content (AvgIpc) is 2.69. The molecule has 0 atom stereocenters. The van der Waals surface area contributed by atoms with Crippen molar-refractivity contribution in [2.75, 3.05) is 5.73 Å². The van der Waals surface area contributed by atoms with E-state index in [1.165, 1.54) is 32.1 Å². The van der Waals surface area contributed by atoms with E-state index in [2.05, 4.69) is 12.0 Å². The number of aryl methyl sites for hydroxylation is 1. The molecule has 18 heavy (non-hydrogen) atoms. The molecule has 0 saturated carbocycles. The Morgan fingerprint density at radius 3 is 2.44 bits per heavy atom. The Balaban J connectivity index is 2.19. The van der Waals surface area contributed by atoms with E-state index in [1.807, 2.05) is 0 Å². The Morgan fingerprint density at radius 2 is 1.89 bits per heavy atom. The van der Waals surface area contributed by atoms with Crippen molar-refractivity contribution in [3.63, 3.8) is 0 Å². The van der Waals surface area contributed by atoms with Crippen LogP contribution in [0.15, 0.2) is 6.20 Å². The molecule has 3 N–H and O–H groups in total. The highest BCUT2D eigenvalue weighted by molar-refractivity contribution is 5.91. The van der Waals surface area contributed by atoms with Crippen molar-refractivity contribution in [2.45, 2.75) is 58.4 Å². The summed E-state index contributed by atoms with van der Waals surface area (Å²) in [5, 5.41) is 12.8. The molecular weight excluding hydrogens is 230 g/mol. The van der Waals surface area contributed by atoms with Gasteiger partial charge >= 0.3 is 5.97 Å². The molecule has 0 saturated heterocycles. The van der Waals surface area contributed by atoms with Gasteiger partial charge in [-0.15, -0.1) is 0 Å². The third-order valence-electron chi connectivity index (χ3n) is 2.98. The lowest BCUT2D eigenvalue weighted by Gasteiger charge is -2.01. The minimum atomic E-state index is -1.06. The van der Waals surface area contributed by atoms with Crippen LogP contribution in [0.3, 0.4) is 0 Å². The van der Waals surface area contributed by atoms with Gasteiger partial charge in [0.1, 0.15) is 0 Å². The van der Waals surface area contributed by atoms with E-state index in [0.717, 1.165) is 19.4 Å². The summed E-state index contributed by atoms with van der Waals surface area (Å²) in [5.74, 6) is -1.06. The molecule has 0 bridgehead atoms. The number of carbonyl (C=O) groups is 1. The Labute approximate surface area is 108 Å². The SMILES string of the molecule is CCCCCCCCCn1cc(N)c(C(=O)O)n1. The topological polar surface area (TPSA) is 81.1 Å². The highest BCUT2D eigenvalue weighted by atomic mass is 16.4. The molecule has 0 aromatic carbocycles. The molecule has 5 heteroatoms. The first kappa shape index (κ1) is 14.5. The number of rotatable bonds is 9. The van der Waals surface area contributed by atoms with E-state index in [1.54, 1.807) is 10.9 Å². The number of hydrogen-bond acceptors (Lipinski definition) is 3. The molecule has 5 nitrogen and oxygen atoms in total. The lowest BCUT2D eigenvalue weighted by Crippen LogP contribution is -2.03. The number of nitrogens with two attached hydrogens (primary N) is 1. The lowest BCUT2D eigenvalue weighted by atomic mass is 10.1. The maximum absolute atomic E-state index is 10.8. The van der Waals surface area contributed by atoms with Crippen molar-refractivity contribution in [1.29, 1.82) is 0 Å². The largest absolute Gasteiger partial charge is 0.476 e. The smallest absolute Gasteiger partial charge is 0.358 e. The number of aromatic carboxylic acids is 1. The van der Waals surface area contributed by atoms with Gasteiger partial charge < -0.3 is 10.8 Å². The van der Waals surface area contributed by atoms with Crippen molar-refractivity contribution >= 4 is 11.7 Å². The molecule has 102 valence electrons. The zero-order valence-electron chi connectivity index (χ0n) is 11.1. The summed E-state index contributed by atoms with van der Waals surface area (Å²) in [6.07, 6.45) is 10.2. The van der Waals surface area contributed by atoms with Gasteiger partial charge in [-0.2, -0.15) is 5.10 Å². The van der Waals surface area contributed by atoms with Crippen LogP contribution in [-0.2, 0) is 6.54 Å². The number of nitrogen functional groups attached to an aromatic ring is 1. The number of nitrogens with zero attached hydrogens (tertiary/aromatic N) is 2. The van der Waals surface area contributed by atoms with Crippen LogP contribution in [0, 0.1) is 0 Å². The Bertz CT molecular complexity index is 374. The summed E-state index contributed by atoms with van der Waals surface area (Å²) in [7, 11) is 0. The average molecular weight is 253 g/mol. The molecule has 0 unspecified atom stereocenters. The van der Waals surface area contributed by atoms with Crippen molar-refractivity contribution in [3.8, 4) is 0 Å². The standard InChI is InChI=1S/C13H23N3O2/c1-2-3-4-5-6-7-8-9-16-10-11(14)12(15-16)13(17)18/h10H,2-9,14H2,1H3,(H,17,18). The summed E-state index contributed by atoms with van der Waals surface area (Å²) in [5.41, 5.74) is 5.76. The normalized spacial score (nSPS) is 10.7. The van der Waals surface area contributed by atoms with Crippen LogP contribution in [-0.4, -0.2) is 20.9 Å². The minimum Gasteiger partial charge on any atom is -0.476 e. The number of carboxylic acid groups (broad SMARTS) is 1.